The Balaban J connectivity index is 2.04. The van der Waals surface area contributed by atoms with Crippen molar-refractivity contribution in [3.63, 3.8) is 0 Å². The molecule has 1 heterocycles. The summed E-state index contributed by atoms with van der Waals surface area (Å²) in [6.07, 6.45) is 6.32. The second-order valence-corrected chi connectivity index (χ2v) is 5.34. The van der Waals surface area contributed by atoms with Gasteiger partial charge in [0.2, 0.25) is 0 Å². The van der Waals surface area contributed by atoms with Crippen LogP contribution in [0.1, 0.15) is 40.0 Å². The molecule has 0 bridgehead atoms. The van der Waals surface area contributed by atoms with Crippen molar-refractivity contribution in [2.45, 2.75) is 40.0 Å². The topological polar surface area (TPSA) is 15.3 Å². The fourth-order valence-electron chi connectivity index (χ4n) is 2.14. The maximum Gasteiger partial charge on any atom is 0.0107 e. The first-order valence-electron chi connectivity index (χ1n) is 6.75. The first-order chi connectivity index (χ1) is 7.68. The molecule has 16 heavy (non-hydrogen) atoms. The Labute approximate surface area is 101 Å². The molecular weight excluding hydrogens is 196 g/mol. The van der Waals surface area contributed by atoms with E-state index in [4.69, 9.17) is 0 Å². The lowest BCUT2D eigenvalue weighted by Gasteiger charge is -2.28. The van der Waals surface area contributed by atoms with Gasteiger partial charge >= 0.3 is 0 Å². The van der Waals surface area contributed by atoms with Crippen LogP contribution in [0.25, 0.3) is 0 Å². The molecule has 2 nitrogen and oxygen atoms in total. The smallest absolute Gasteiger partial charge is 0.0107 e. The number of allylic oxidation sites excluding steroid dienone is 2. The number of hydrogen-bond donors (Lipinski definition) is 1. The molecule has 0 amide bonds. The van der Waals surface area contributed by atoms with E-state index in [1.54, 1.807) is 0 Å². The summed E-state index contributed by atoms with van der Waals surface area (Å²) in [7, 11) is 0. The van der Waals surface area contributed by atoms with Gasteiger partial charge in [0.15, 0.2) is 0 Å². The molecule has 0 aromatic heterocycles. The van der Waals surface area contributed by atoms with Crippen molar-refractivity contribution in [1.82, 2.24) is 10.2 Å². The van der Waals surface area contributed by atoms with Gasteiger partial charge in [-0.05, 0) is 45.6 Å². The van der Waals surface area contributed by atoms with E-state index in [0.29, 0.717) is 0 Å². The molecule has 1 aliphatic rings. The van der Waals surface area contributed by atoms with Gasteiger partial charge in [0.25, 0.3) is 0 Å². The predicted octanol–water partition coefficient (Wildman–Crippen LogP) is 2.66. The molecule has 0 radical (unpaired) electrons. The molecule has 1 atom stereocenters. The number of hydrogen-bond acceptors (Lipinski definition) is 2. The van der Waals surface area contributed by atoms with Crippen LogP contribution in [0.3, 0.4) is 0 Å². The highest BCUT2D eigenvalue weighted by Crippen LogP contribution is 2.12. The second kappa shape index (κ2) is 7.86. The zero-order chi connectivity index (χ0) is 11.8. The Morgan fingerprint density at radius 3 is 2.56 bits per heavy atom. The fourth-order valence-corrected chi connectivity index (χ4v) is 2.14. The molecule has 1 rings (SSSR count). The molecule has 0 unspecified atom stereocenters. The Hall–Kier alpha value is -0.340. The summed E-state index contributed by atoms with van der Waals surface area (Å²) in [6, 6.07) is 0. The van der Waals surface area contributed by atoms with Gasteiger partial charge < -0.3 is 10.2 Å². The van der Waals surface area contributed by atoms with Gasteiger partial charge in [-0.25, -0.2) is 0 Å². The van der Waals surface area contributed by atoms with Crippen LogP contribution in [0.2, 0.25) is 0 Å². The quantitative estimate of drug-likeness (QED) is 0.698. The molecule has 0 aromatic rings. The SMILES string of the molecule is CC(C)=CCC[C@H](C)CCN1CCNCC1. The van der Waals surface area contributed by atoms with Crippen LogP contribution in [-0.2, 0) is 0 Å². The summed E-state index contributed by atoms with van der Waals surface area (Å²) in [5.41, 5.74) is 1.45. The van der Waals surface area contributed by atoms with E-state index in [0.717, 1.165) is 5.92 Å². The lowest BCUT2D eigenvalue weighted by molar-refractivity contribution is 0.224. The number of rotatable bonds is 6. The van der Waals surface area contributed by atoms with Crippen LogP contribution in [0.5, 0.6) is 0 Å². The van der Waals surface area contributed by atoms with Crippen molar-refractivity contribution in [1.29, 1.82) is 0 Å². The van der Waals surface area contributed by atoms with Gasteiger partial charge in [-0.15, -0.1) is 0 Å². The third-order valence-corrected chi connectivity index (χ3v) is 3.36. The third kappa shape index (κ3) is 6.29. The zero-order valence-corrected chi connectivity index (χ0v) is 11.3. The molecule has 1 N–H and O–H groups in total. The molecule has 0 saturated carbocycles. The average molecular weight is 224 g/mol. The van der Waals surface area contributed by atoms with Gasteiger partial charge in [-0.1, -0.05) is 18.6 Å². The molecular formula is C14H28N2. The highest BCUT2D eigenvalue weighted by atomic mass is 15.2. The Morgan fingerprint density at radius 1 is 1.25 bits per heavy atom. The molecule has 94 valence electrons. The van der Waals surface area contributed by atoms with Gasteiger partial charge in [-0.2, -0.15) is 0 Å². The number of nitrogens with one attached hydrogen (secondary N) is 1. The first kappa shape index (κ1) is 13.7. The molecule has 0 aromatic carbocycles. The minimum atomic E-state index is 0.866. The summed E-state index contributed by atoms with van der Waals surface area (Å²) >= 11 is 0. The largest absolute Gasteiger partial charge is 0.314 e. The highest BCUT2D eigenvalue weighted by molar-refractivity contribution is 4.92. The Kier molecular flexibility index (Phi) is 6.74. The van der Waals surface area contributed by atoms with Crippen molar-refractivity contribution in [3.8, 4) is 0 Å². The molecule has 0 spiro atoms. The van der Waals surface area contributed by atoms with Crippen molar-refractivity contribution in [2.24, 2.45) is 5.92 Å². The van der Waals surface area contributed by atoms with Crippen LogP contribution >= 0.6 is 0 Å². The van der Waals surface area contributed by atoms with Crippen LogP contribution in [0, 0.1) is 5.92 Å². The van der Waals surface area contributed by atoms with Crippen LogP contribution in [-0.4, -0.2) is 37.6 Å². The van der Waals surface area contributed by atoms with Gasteiger partial charge in [-0.3, -0.25) is 0 Å². The van der Waals surface area contributed by atoms with Crippen molar-refractivity contribution >= 4 is 0 Å². The van der Waals surface area contributed by atoms with Crippen LogP contribution in [0.4, 0.5) is 0 Å². The Morgan fingerprint density at radius 2 is 1.94 bits per heavy atom. The monoisotopic (exact) mass is 224 g/mol. The van der Waals surface area contributed by atoms with E-state index in [9.17, 15) is 0 Å². The summed E-state index contributed by atoms with van der Waals surface area (Å²) in [5.74, 6) is 0.866. The van der Waals surface area contributed by atoms with Gasteiger partial charge in [0, 0.05) is 26.2 Å². The van der Waals surface area contributed by atoms with E-state index >= 15 is 0 Å². The first-order valence-corrected chi connectivity index (χ1v) is 6.75. The van der Waals surface area contributed by atoms with Crippen molar-refractivity contribution in [2.75, 3.05) is 32.7 Å². The van der Waals surface area contributed by atoms with E-state index < -0.39 is 0 Å². The summed E-state index contributed by atoms with van der Waals surface area (Å²) in [5, 5.41) is 3.40. The normalized spacial score (nSPS) is 19.4. The van der Waals surface area contributed by atoms with Gasteiger partial charge in [0.05, 0.1) is 0 Å². The maximum absolute atomic E-state index is 3.40. The molecule has 1 aliphatic heterocycles. The highest BCUT2D eigenvalue weighted by Gasteiger charge is 2.10. The average Bonchev–Trinajstić information content (AvgIpc) is 2.27. The summed E-state index contributed by atoms with van der Waals surface area (Å²) in [6.45, 7) is 12.9. The van der Waals surface area contributed by atoms with Crippen molar-refractivity contribution in [3.05, 3.63) is 11.6 Å². The molecule has 2 heteroatoms. The Bertz CT molecular complexity index is 201. The van der Waals surface area contributed by atoms with E-state index in [2.05, 4.69) is 37.1 Å². The molecule has 1 saturated heterocycles. The lowest BCUT2D eigenvalue weighted by Crippen LogP contribution is -2.44. The predicted molar refractivity (Wildman–Crippen MR) is 71.8 cm³/mol. The standard InChI is InChI=1S/C14H28N2/c1-13(2)5-4-6-14(3)7-10-16-11-8-15-9-12-16/h5,14-15H,4,6-12H2,1-3H3/t14-/m0/s1. The molecule has 0 aliphatic carbocycles. The number of nitrogens with zero attached hydrogens (tertiary/aromatic N) is 1. The maximum atomic E-state index is 3.40. The number of piperazine rings is 1. The second-order valence-electron chi connectivity index (χ2n) is 5.34. The van der Waals surface area contributed by atoms with Crippen molar-refractivity contribution < 1.29 is 0 Å². The van der Waals surface area contributed by atoms with E-state index in [1.807, 2.05) is 0 Å². The van der Waals surface area contributed by atoms with Crippen LogP contribution in [0.15, 0.2) is 11.6 Å². The van der Waals surface area contributed by atoms with E-state index in [-0.39, 0.29) is 0 Å². The summed E-state index contributed by atoms with van der Waals surface area (Å²) in [4.78, 5) is 2.59. The summed E-state index contributed by atoms with van der Waals surface area (Å²) < 4.78 is 0. The minimum absolute atomic E-state index is 0.866. The van der Waals surface area contributed by atoms with Gasteiger partial charge in [0.1, 0.15) is 0 Å². The van der Waals surface area contributed by atoms with E-state index in [1.165, 1.54) is 57.6 Å². The minimum Gasteiger partial charge on any atom is -0.314 e. The van der Waals surface area contributed by atoms with Crippen LogP contribution < -0.4 is 5.32 Å². The molecule has 1 fully saturated rings. The third-order valence-electron chi connectivity index (χ3n) is 3.36. The zero-order valence-electron chi connectivity index (χ0n) is 11.3. The fraction of sp³-hybridized carbons (Fsp3) is 0.857. The lowest BCUT2D eigenvalue weighted by atomic mass is 10.0.